The Balaban J connectivity index is 2.11. The summed E-state index contributed by atoms with van der Waals surface area (Å²) in [5, 5.41) is 0. The molecule has 0 amide bonds. The molecular weight excluding hydrogens is 208 g/mol. The molecule has 2 aromatic rings. The van der Waals surface area contributed by atoms with E-state index in [1.807, 2.05) is 42.5 Å². The summed E-state index contributed by atoms with van der Waals surface area (Å²) in [6, 6.07) is 18.3. The van der Waals surface area contributed by atoms with Crippen LogP contribution in [0.4, 0.5) is 0 Å². The van der Waals surface area contributed by atoms with Crippen molar-refractivity contribution in [3.63, 3.8) is 0 Å². The predicted molar refractivity (Wildman–Crippen MR) is 68.6 cm³/mol. The summed E-state index contributed by atoms with van der Waals surface area (Å²) in [6.07, 6.45) is 1.53. The van der Waals surface area contributed by atoms with Gasteiger partial charge in [-0.15, -0.1) is 0 Å². The summed E-state index contributed by atoms with van der Waals surface area (Å²) >= 11 is 0. The van der Waals surface area contributed by atoms with Crippen LogP contribution in [0.5, 0.6) is 0 Å². The van der Waals surface area contributed by atoms with Crippen LogP contribution in [0.2, 0.25) is 0 Å². The van der Waals surface area contributed by atoms with E-state index in [4.69, 9.17) is 0 Å². The van der Waals surface area contributed by atoms with Crippen LogP contribution in [0.1, 0.15) is 16.7 Å². The zero-order valence-electron chi connectivity index (χ0n) is 9.39. The maximum Gasteiger partial charge on any atom is 0.193 e. The smallest absolute Gasteiger partial charge is 0.193 e. The van der Waals surface area contributed by atoms with E-state index in [2.05, 4.69) is 24.0 Å². The molecular formula is C16H12O. The lowest BCUT2D eigenvalue weighted by molar-refractivity contribution is -0.103. The summed E-state index contributed by atoms with van der Waals surface area (Å²) < 4.78 is 0. The first-order valence-corrected chi connectivity index (χ1v) is 5.46. The minimum atomic E-state index is 0.609. The fourth-order valence-electron chi connectivity index (χ4n) is 1.65. The number of rotatable bonds is 2. The Morgan fingerprint density at radius 3 is 2.18 bits per heavy atom. The summed E-state index contributed by atoms with van der Waals surface area (Å²) in [5.74, 6) is 5.17. The maximum atomic E-state index is 10.1. The molecule has 2 rings (SSSR count). The molecule has 0 aromatic heterocycles. The molecule has 0 aliphatic carbocycles. The number of carbonyl (C=O) groups is 1. The lowest BCUT2D eigenvalue weighted by Gasteiger charge is -2.01. The van der Waals surface area contributed by atoms with Gasteiger partial charge >= 0.3 is 0 Å². The first-order chi connectivity index (χ1) is 8.38. The predicted octanol–water partition coefficient (Wildman–Crippen LogP) is 2.83. The topological polar surface area (TPSA) is 17.1 Å². The molecule has 1 nitrogen and oxygen atoms in total. The Morgan fingerprint density at radius 2 is 1.53 bits per heavy atom. The van der Waals surface area contributed by atoms with Gasteiger partial charge in [0.1, 0.15) is 0 Å². The highest BCUT2D eigenvalue weighted by Gasteiger charge is 1.95. The van der Waals surface area contributed by atoms with Crippen molar-refractivity contribution in [3.05, 3.63) is 71.3 Å². The number of hydrogen-bond donors (Lipinski definition) is 0. The molecule has 0 unspecified atom stereocenters. The fraction of sp³-hybridized carbons (Fsp3) is 0.0625. The Hall–Kier alpha value is -2.33. The maximum absolute atomic E-state index is 10.1. The third-order valence-electron chi connectivity index (χ3n) is 2.48. The standard InChI is InChI=1S/C16H12O/c17-12-4-7-14-8-10-16(11-9-14)13-15-5-2-1-3-6-15/h1-3,5-6,8-12H,13H2. The summed E-state index contributed by atoms with van der Waals surface area (Å²) in [6.45, 7) is 0. The van der Waals surface area contributed by atoms with Gasteiger partial charge in [0, 0.05) is 5.56 Å². The summed E-state index contributed by atoms with van der Waals surface area (Å²) in [4.78, 5) is 10.1. The van der Waals surface area contributed by atoms with Crippen molar-refractivity contribution in [2.75, 3.05) is 0 Å². The van der Waals surface area contributed by atoms with E-state index in [0.717, 1.165) is 12.0 Å². The second kappa shape index (κ2) is 5.67. The van der Waals surface area contributed by atoms with E-state index in [-0.39, 0.29) is 0 Å². The van der Waals surface area contributed by atoms with Gasteiger partial charge in [0.25, 0.3) is 0 Å². The van der Waals surface area contributed by atoms with Gasteiger partial charge in [-0.25, -0.2) is 0 Å². The zero-order chi connectivity index (χ0) is 11.9. The van der Waals surface area contributed by atoms with Gasteiger partial charge in [-0.1, -0.05) is 48.4 Å². The van der Waals surface area contributed by atoms with E-state index in [0.29, 0.717) is 6.29 Å². The molecule has 0 spiro atoms. The Kier molecular flexibility index (Phi) is 3.72. The van der Waals surface area contributed by atoms with Crippen LogP contribution >= 0.6 is 0 Å². The van der Waals surface area contributed by atoms with E-state index in [1.54, 1.807) is 0 Å². The Bertz CT molecular complexity index is 542. The number of benzene rings is 2. The van der Waals surface area contributed by atoms with E-state index < -0.39 is 0 Å². The molecule has 0 saturated carbocycles. The van der Waals surface area contributed by atoms with Crippen molar-refractivity contribution in [3.8, 4) is 11.8 Å². The van der Waals surface area contributed by atoms with E-state index in [9.17, 15) is 4.79 Å². The average Bonchev–Trinajstić information content (AvgIpc) is 2.39. The summed E-state index contributed by atoms with van der Waals surface area (Å²) in [5.41, 5.74) is 3.40. The summed E-state index contributed by atoms with van der Waals surface area (Å²) in [7, 11) is 0. The first kappa shape index (κ1) is 11.2. The number of carbonyl (C=O) groups excluding carboxylic acids is 1. The molecule has 0 N–H and O–H groups in total. The van der Waals surface area contributed by atoms with E-state index >= 15 is 0 Å². The highest BCUT2D eigenvalue weighted by atomic mass is 16.1. The highest BCUT2D eigenvalue weighted by molar-refractivity contribution is 5.73. The molecule has 0 atom stereocenters. The van der Waals surface area contributed by atoms with Gasteiger partial charge < -0.3 is 0 Å². The zero-order valence-corrected chi connectivity index (χ0v) is 9.39. The number of hydrogen-bond acceptors (Lipinski definition) is 1. The van der Waals surface area contributed by atoms with Crippen LogP contribution in [0.25, 0.3) is 0 Å². The van der Waals surface area contributed by atoms with Gasteiger partial charge in [0.05, 0.1) is 0 Å². The van der Waals surface area contributed by atoms with Crippen LogP contribution < -0.4 is 0 Å². The van der Waals surface area contributed by atoms with Gasteiger partial charge in [0.15, 0.2) is 6.29 Å². The second-order valence-electron chi connectivity index (χ2n) is 3.75. The molecule has 82 valence electrons. The lowest BCUT2D eigenvalue weighted by atomic mass is 10.0. The molecule has 1 heteroatoms. The highest BCUT2D eigenvalue weighted by Crippen LogP contribution is 2.10. The van der Waals surface area contributed by atoms with Crippen molar-refractivity contribution in [2.24, 2.45) is 0 Å². The molecule has 0 bridgehead atoms. The average molecular weight is 220 g/mol. The van der Waals surface area contributed by atoms with Gasteiger partial charge in [-0.05, 0) is 35.6 Å². The van der Waals surface area contributed by atoms with E-state index in [1.165, 1.54) is 11.1 Å². The van der Waals surface area contributed by atoms with Crippen LogP contribution in [-0.4, -0.2) is 6.29 Å². The molecule has 0 aliphatic heterocycles. The minimum absolute atomic E-state index is 0.609. The van der Waals surface area contributed by atoms with Crippen LogP contribution in [0.15, 0.2) is 54.6 Å². The van der Waals surface area contributed by atoms with Gasteiger partial charge in [-0.3, -0.25) is 4.79 Å². The van der Waals surface area contributed by atoms with Gasteiger partial charge in [0.2, 0.25) is 0 Å². The van der Waals surface area contributed by atoms with Crippen LogP contribution in [0.3, 0.4) is 0 Å². The van der Waals surface area contributed by atoms with Crippen molar-refractivity contribution < 1.29 is 4.79 Å². The molecule has 0 aliphatic rings. The fourth-order valence-corrected chi connectivity index (χ4v) is 1.65. The molecule has 2 aromatic carbocycles. The minimum Gasteiger partial charge on any atom is -0.289 e. The third kappa shape index (κ3) is 3.32. The van der Waals surface area contributed by atoms with Crippen molar-refractivity contribution in [1.29, 1.82) is 0 Å². The molecule has 0 heterocycles. The lowest BCUT2D eigenvalue weighted by Crippen LogP contribution is -1.87. The largest absolute Gasteiger partial charge is 0.289 e. The Morgan fingerprint density at radius 1 is 0.882 bits per heavy atom. The van der Waals surface area contributed by atoms with Crippen LogP contribution in [0, 0.1) is 11.8 Å². The van der Waals surface area contributed by atoms with Crippen molar-refractivity contribution >= 4 is 6.29 Å². The Labute approximate surface area is 101 Å². The third-order valence-corrected chi connectivity index (χ3v) is 2.48. The second-order valence-corrected chi connectivity index (χ2v) is 3.75. The monoisotopic (exact) mass is 220 g/mol. The van der Waals surface area contributed by atoms with Crippen molar-refractivity contribution in [1.82, 2.24) is 0 Å². The molecule has 17 heavy (non-hydrogen) atoms. The molecule has 0 radical (unpaired) electrons. The van der Waals surface area contributed by atoms with Gasteiger partial charge in [-0.2, -0.15) is 0 Å². The normalized spacial score (nSPS) is 9.18. The number of aldehydes is 1. The quantitative estimate of drug-likeness (QED) is 0.562. The van der Waals surface area contributed by atoms with Crippen molar-refractivity contribution in [2.45, 2.75) is 6.42 Å². The molecule has 0 fully saturated rings. The SMILES string of the molecule is O=CC#Cc1ccc(Cc2ccccc2)cc1. The first-order valence-electron chi connectivity index (χ1n) is 5.46. The van der Waals surface area contributed by atoms with Crippen LogP contribution in [-0.2, 0) is 11.2 Å². The molecule has 0 saturated heterocycles.